The van der Waals surface area contributed by atoms with Crippen LogP contribution < -0.4 is 10.0 Å². The van der Waals surface area contributed by atoms with Crippen LogP contribution in [0.15, 0.2) is 17.3 Å². The van der Waals surface area contributed by atoms with Crippen LogP contribution in [0.3, 0.4) is 0 Å². The van der Waals surface area contributed by atoms with E-state index in [1.54, 1.807) is 14.1 Å². The van der Waals surface area contributed by atoms with Crippen molar-refractivity contribution in [3.05, 3.63) is 12.4 Å². The van der Waals surface area contributed by atoms with Crippen LogP contribution in [0.25, 0.3) is 0 Å². The average Bonchev–Trinajstić information content (AvgIpc) is 2.62. The molecule has 6 nitrogen and oxygen atoms in total. The molecular formula is C8H16N4O2S. The van der Waals surface area contributed by atoms with Crippen molar-refractivity contribution < 1.29 is 8.42 Å². The summed E-state index contributed by atoms with van der Waals surface area (Å²) in [4.78, 5) is 0.188. The van der Waals surface area contributed by atoms with Crippen LogP contribution in [0.4, 0.5) is 0 Å². The molecule has 0 bridgehead atoms. The number of hydrogen-bond acceptors (Lipinski definition) is 4. The smallest absolute Gasteiger partial charge is 0.243 e. The second kappa shape index (κ2) is 4.73. The number of nitrogens with one attached hydrogen (secondary N) is 2. The quantitative estimate of drug-likeness (QED) is 0.704. The molecule has 0 saturated carbocycles. The van der Waals surface area contributed by atoms with Gasteiger partial charge in [0.1, 0.15) is 4.90 Å². The Bertz CT molecular complexity index is 412. The molecule has 2 N–H and O–H groups in total. The number of hydrogen-bond donors (Lipinski definition) is 2. The predicted octanol–water partition coefficient (Wildman–Crippen LogP) is -0.694. The van der Waals surface area contributed by atoms with Gasteiger partial charge in [-0.15, -0.1) is 0 Å². The Hall–Kier alpha value is -0.920. The second-order valence-corrected chi connectivity index (χ2v) is 5.16. The first kappa shape index (κ1) is 12.2. The van der Waals surface area contributed by atoms with Crippen molar-refractivity contribution in [2.75, 3.05) is 13.6 Å². The number of nitrogens with zero attached hydrogens (tertiary/aromatic N) is 2. The molecule has 0 radical (unpaired) electrons. The molecule has 0 aliphatic rings. The minimum Gasteiger partial charge on any atom is -0.316 e. The van der Waals surface area contributed by atoms with Gasteiger partial charge in [0.2, 0.25) is 10.0 Å². The van der Waals surface area contributed by atoms with E-state index in [1.165, 1.54) is 17.1 Å². The van der Waals surface area contributed by atoms with Crippen molar-refractivity contribution in [1.82, 2.24) is 19.8 Å². The monoisotopic (exact) mass is 232 g/mol. The third-order valence-corrected chi connectivity index (χ3v) is 3.44. The first-order valence-electron chi connectivity index (χ1n) is 4.61. The fourth-order valence-corrected chi connectivity index (χ4v) is 2.07. The molecule has 0 fully saturated rings. The van der Waals surface area contributed by atoms with E-state index in [9.17, 15) is 8.42 Å². The molecule has 86 valence electrons. The van der Waals surface area contributed by atoms with Gasteiger partial charge in [0.05, 0.1) is 6.20 Å². The van der Waals surface area contributed by atoms with E-state index in [0.29, 0.717) is 6.54 Å². The maximum atomic E-state index is 11.7. The van der Waals surface area contributed by atoms with Gasteiger partial charge < -0.3 is 5.32 Å². The Kier molecular flexibility index (Phi) is 3.83. The molecule has 1 heterocycles. The summed E-state index contributed by atoms with van der Waals surface area (Å²) in [5.41, 5.74) is 0. The summed E-state index contributed by atoms with van der Waals surface area (Å²) in [6.07, 6.45) is 2.79. The Morgan fingerprint density at radius 3 is 2.73 bits per heavy atom. The zero-order valence-corrected chi connectivity index (χ0v) is 9.87. The highest BCUT2D eigenvalue weighted by Gasteiger charge is 2.16. The molecule has 1 aromatic rings. The molecule has 7 heteroatoms. The van der Waals surface area contributed by atoms with Crippen molar-refractivity contribution in [3.63, 3.8) is 0 Å². The summed E-state index contributed by atoms with van der Waals surface area (Å²) in [7, 11) is 0.0387. The highest BCUT2D eigenvalue weighted by Crippen LogP contribution is 2.05. The lowest BCUT2D eigenvalue weighted by atomic mass is 10.4. The summed E-state index contributed by atoms with van der Waals surface area (Å²) < 4.78 is 27.3. The standard InChI is InChI=1S/C8H16N4O2S/c1-7(9-2)4-11-15(13,14)8-5-10-12(3)6-8/h5-7,9,11H,4H2,1-3H3. The normalized spacial score (nSPS) is 14.1. The zero-order chi connectivity index (χ0) is 11.5. The van der Waals surface area contributed by atoms with Gasteiger partial charge in [-0.3, -0.25) is 4.68 Å². The van der Waals surface area contributed by atoms with Crippen LogP contribution in [-0.2, 0) is 17.1 Å². The molecule has 0 saturated heterocycles. The lowest BCUT2D eigenvalue weighted by Gasteiger charge is -2.10. The number of rotatable bonds is 5. The van der Waals surface area contributed by atoms with Crippen molar-refractivity contribution >= 4 is 10.0 Å². The predicted molar refractivity (Wildman–Crippen MR) is 56.9 cm³/mol. The first-order valence-corrected chi connectivity index (χ1v) is 6.09. The number of sulfonamides is 1. The van der Waals surface area contributed by atoms with Crippen molar-refractivity contribution in [2.24, 2.45) is 7.05 Å². The minimum atomic E-state index is -3.42. The number of aryl methyl sites for hydroxylation is 1. The van der Waals surface area contributed by atoms with Crippen LogP contribution >= 0.6 is 0 Å². The molecule has 15 heavy (non-hydrogen) atoms. The van der Waals surface area contributed by atoms with Gasteiger partial charge in [0, 0.05) is 25.8 Å². The lowest BCUT2D eigenvalue weighted by Crippen LogP contribution is -2.37. The Balaban J connectivity index is 2.68. The van der Waals surface area contributed by atoms with Crippen LogP contribution in [0.1, 0.15) is 6.92 Å². The first-order chi connectivity index (χ1) is 6.95. The minimum absolute atomic E-state index is 0.0939. The van der Waals surface area contributed by atoms with E-state index in [1.807, 2.05) is 6.92 Å². The zero-order valence-electron chi connectivity index (χ0n) is 9.06. The summed E-state index contributed by atoms with van der Waals surface area (Å²) in [6, 6.07) is 0.0939. The number of aromatic nitrogens is 2. The topological polar surface area (TPSA) is 76.0 Å². The average molecular weight is 232 g/mol. The molecule has 1 rings (SSSR count). The van der Waals surface area contributed by atoms with E-state index >= 15 is 0 Å². The number of likely N-dealkylation sites (N-methyl/N-ethyl adjacent to an activating group) is 1. The molecular weight excluding hydrogens is 216 g/mol. The molecule has 1 atom stereocenters. The van der Waals surface area contributed by atoms with E-state index in [4.69, 9.17) is 0 Å². The van der Waals surface area contributed by atoms with Crippen LogP contribution in [0.5, 0.6) is 0 Å². The van der Waals surface area contributed by atoms with Crippen molar-refractivity contribution in [1.29, 1.82) is 0 Å². The summed E-state index contributed by atoms with van der Waals surface area (Å²) in [5, 5.41) is 6.76. The molecule has 0 aromatic carbocycles. The van der Waals surface area contributed by atoms with Gasteiger partial charge in [-0.2, -0.15) is 5.10 Å². The molecule has 0 amide bonds. The maximum Gasteiger partial charge on any atom is 0.243 e. The fraction of sp³-hybridized carbons (Fsp3) is 0.625. The van der Waals surface area contributed by atoms with E-state index in [2.05, 4.69) is 15.1 Å². The summed E-state index contributed by atoms with van der Waals surface area (Å²) in [5.74, 6) is 0. The molecule has 0 aliphatic heterocycles. The molecule has 1 aromatic heterocycles. The fourth-order valence-electron chi connectivity index (χ4n) is 0.958. The van der Waals surface area contributed by atoms with Crippen molar-refractivity contribution in [3.8, 4) is 0 Å². The SMILES string of the molecule is CNC(C)CNS(=O)(=O)c1cnn(C)c1. The van der Waals surface area contributed by atoms with Gasteiger partial charge in [-0.25, -0.2) is 13.1 Å². The second-order valence-electron chi connectivity index (χ2n) is 3.39. The Morgan fingerprint density at radius 1 is 1.60 bits per heavy atom. The Morgan fingerprint density at radius 2 is 2.27 bits per heavy atom. The van der Waals surface area contributed by atoms with Gasteiger partial charge >= 0.3 is 0 Å². The maximum absolute atomic E-state index is 11.7. The summed E-state index contributed by atoms with van der Waals surface area (Å²) >= 11 is 0. The molecule has 0 aliphatic carbocycles. The van der Waals surface area contributed by atoms with Gasteiger partial charge in [-0.05, 0) is 14.0 Å². The highest BCUT2D eigenvalue weighted by molar-refractivity contribution is 7.89. The van der Waals surface area contributed by atoms with Crippen LogP contribution in [-0.4, -0.2) is 37.8 Å². The van der Waals surface area contributed by atoms with E-state index in [0.717, 1.165) is 0 Å². The molecule has 0 spiro atoms. The van der Waals surface area contributed by atoms with Gasteiger partial charge in [0.25, 0.3) is 0 Å². The summed E-state index contributed by atoms with van der Waals surface area (Å²) in [6.45, 7) is 2.25. The van der Waals surface area contributed by atoms with Crippen LogP contribution in [0.2, 0.25) is 0 Å². The van der Waals surface area contributed by atoms with E-state index in [-0.39, 0.29) is 10.9 Å². The highest BCUT2D eigenvalue weighted by atomic mass is 32.2. The van der Waals surface area contributed by atoms with Gasteiger partial charge in [0.15, 0.2) is 0 Å². The van der Waals surface area contributed by atoms with Gasteiger partial charge in [-0.1, -0.05) is 0 Å². The molecule has 1 unspecified atom stereocenters. The largest absolute Gasteiger partial charge is 0.316 e. The van der Waals surface area contributed by atoms with Crippen LogP contribution in [0, 0.1) is 0 Å². The lowest BCUT2D eigenvalue weighted by molar-refractivity contribution is 0.554. The Labute approximate surface area is 89.7 Å². The van der Waals surface area contributed by atoms with Crippen molar-refractivity contribution in [2.45, 2.75) is 17.9 Å². The third kappa shape index (κ3) is 3.29. The third-order valence-electron chi connectivity index (χ3n) is 2.06. The van der Waals surface area contributed by atoms with E-state index < -0.39 is 10.0 Å².